The van der Waals surface area contributed by atoms with Gasteiger partial charge in [-0.25, -0.2) is 0 Å². The second-order valence-corrected chi connectivity index (χ2v) is 5.87. The van der Waals surface area contributed by atoms with E-state index >= 15 is 0 Å². The van der Waals surface area contributed by atoms with Crippen molar-refractivity contribution >= 4 is 0 Å². The van der Waals surface area contributed by atoms with Crippen LogP contribution >= 0.6 is 0 Å². The molecule has 4 nitrogen and oxygen atoms in total. The van der Waals surface area contributed by atoms with Gasteiger partial charge in [0.25, 0.3) is 0 Å². The highest BCUT2D eigenvalue weighted by Crippen LogP contribution is 2.24. The maximum absolute atomic E-state index is 9.54. The lowest BCUT2D eigenvalue weighted by Crippen LogP contribution is -2.50. The molecular weight excluding hydrogens is 216 g/mol. The van der Waals surface area contributed by atoms with Crippen molar-refractivity contribution in [1.29, 1.82) is 0 Å². The van der Waals surface area contributed by atoms with Gasteiger partial charge in [-0.2, -0.15) is 0 Å². The van der Waals surface area contributed by atoms with E-state index in [-0.39, 0.29) is 12.1 Å². The standard InChI is InChI=1S/C13H26N2O2/c1-11-9-15(7-8-17-11)6-5-13(2,10-16)14-12-3-4-12/h11-12,14,16H,3-10H2,1-2H3. The van der Waals surface area contributed by atoms with Crippen LogP contribution in [0.4, 0.5) is 0 Å². The lowest BCUT2D eigenvalue weighted by Gasteiger charge is -2.35. The van der Waals surface area contributed by atoms with Crippen LogP contribution < -0.4 is 5.32 Å². The highest BCUT2D eigenvalue weighted by molar-refractivity contribution is 4.92. The summed E-state index contributed by atoms with van der Waals surface area (Å²) in [6, 6.07) is 0.649. The molecule has 0 bridgehead atoms. The van der Waals surface area contributed by atoms with Crippen molar-refractivity contribution in [1.82, 2.24) is 10.2 Å². The summed E-state index contributed by atoms with van der Waals surface area (Å²) in [4.78, 5) is 2.44. The van der Waals surface area contributed by atoms with Crippen LogP contribution in [0.25, 0.3) is 0 Å². The first-order chi connectivity index (χ1) is 8.11. The third-order valence-electron chi connectivity index (χ3n) is 3.78. The number of hydrogen-bond acceptors (Lipinski definition) is 4. The summed E-state index contributed by atoms with van der Waals surface area (Å²) in [7, 11) is 0. The average Bonchev–Trinajstić information content (AvgIpc) is 3.11. The summed E-state index contributed by atoms with van der Waals surface area (Å²) in [5.41, 5.74) is -0.108. The van der Waals surface area contributed by atoms with Crippen molar-refractivity contribution in [2.45, 2.75) is 50.8 Å². The summed E-state index contributed by atoms with van der Waals surface area (Å²) in [5.74, 6) is 0. The third-order valence-corrected chi connectivity index (χ3v) is 3.78. The van der Waals surface area contributed by atoms with E-state index in [1.165, 1.54) is 12.8 Å². The number of hydrogen-bond donors (Lipinski definition) is 2. The smallest absolute Gasteiger partial charge is 0.0674 e. The zero-order valence-corrected chi connectivity index (χ0v) is 11.1. The predicted molar refractivity (Wildman–Crippen MR) is 68.1 cm³/mol. The third kappa shape index (κ3) is 4.21. The molecule has 0 aromatic heterocycles. The molecule has 100 valence electrons. The molecular formula is C13H26N2O2. The van der Waals surface area contributed by atoms with Gasteiger partial charge in [0.2, 0.25) is 0 Å². The zero-order chi connectivity index (χ0) is 12.3. The lowest BCUT2D eigenvalue weighted by molar-refractivity contribution is -0.0216. The quantitative estimate of drug-likeness (QED) is 0.716. The van der Waals surface area contributed by atoms with Crippen LogP contribution in [-0.2, 0) is 4.74 Å². The molecule has 1 saturated carbocycles. The van der Waals surface area contributed by atoms with E-state index in [4.69, 9.17) is 4.74 Å². The Kier molecular flexibility index (Phi) is 4.42. The Balaban J connectivity index is 1.74. The lowest BCUT2D eigenvalue weighted by atomic mass is 9.98. The molecule has 2 fully saturated rings. The Morgan fingerprint density at radius 2 is 2.24 bits per heavy atom. The van der Waals surface area contributed by atoms with Gasteiger partial charge in [0, 0.05) is 31.2 Å². The Bertz CT molecular complexity index is 246. The molecule has 1 saturated heterocycles. The van der Waals surface area contributed by atoms with Crippen LogP contribution in [0.5, 0.6) is 0 Å². The number of aliphatic hydroxyl groups is 1. The molecule has 2 rings (SSSR count). The van der Waals surface area contributed by atoms with Crippen molar-refractivity contribution in [3.8, 4) is 0 Å². The molecule has 0 amide bonds. The number of morpholine rings is 1. The van der Waals surface area contributed by atoms with E-state index < -0.39 is 0 Å². The molecule has 2 N–H and O–H groups in total. The minimum atomic E-state index is -0.108. The fourth-order valence-electron chi connectivity index (χ4n) is 2.42. The van der Waals surface area contributed by atoms with E-state index in [1.54, 1.807) is 0 Å². The summed E-state index contributed by atoms with van der Waals surface area (Å²) < 4.78 is 5.53. The second kappa shape index (κ2) is 5.65. The van der Waals surface area contributed by atoms with Gasteiger partial charge in [0.1, 0.15) is 0 Å². The van der Waals surface area contributed by atoms with E-state index in [0.717, 1.165) is 32.7 Å². The van der Waals surface area contributed by atoms with Crippen molar-refractivity contribution in [2.75, 3.05) is 32.8 Å². The molecule has 0 aromatic carbocycles. The average molecular weight is 242 g/mol. The van der Waals surface area contributed by atoms with Gasteiger partial charge < -0.3 is 15.2 Å². The van der Waals surface area contributed by atoms with Gasteiger partial charge in [0.05, 0.1) is 19.3 Å². The predicted octanol–water partition coefficient (Wildman–Crippen LogP) is 0.600. The topological polar surface area (TPSA) is 44.7 Å². The van der Waals surface area contributed by atoms with Gasteiger partial charge >= 0.3 is 0 Å². The summed E-state index contributed by atoms with van der Waals surface area (Å²) in [6.07, 6.45) is 3.89. The summed E-state index contributed by atoms with van der Waals surface area (Å²) >= 11 is 0. The molecule has 1 aliphatic heterocycles. The number of nitrogens with one attached hydrogen (secondary N) is 1. The number of ether oxygens (including phenoxy) is 1. The number of rotatable bonds is 6. The first-order valence-corrected chi connectivity index (χ1v) is 6.84. The Labute approximate surface area is 104 Å². The summed E-state index contributed by atoms with van der Waals surface area (Å²) in [5, 5.41) is 13.1. The van der Waals surface area contributed by atoms with Gasteiger partial charge in [-0.3, -0.25) is 4.90 Å². The van der Waals surface area contributed by atoms with Crippen molar-refractivity contribution in [2.24, 2.45) is 0 Å². The van der Waals surface area contributed by atoms with Gasteiger partial charge in [-0.15, -0.1) is 0 Å². The van der Waals surface area contributed by atoms with Gasteiger partial charge in [-0.1, -0.05) is 0 Å². The number of aliphatic hydroxyl groups excluding tert-OH is 1. The fourth-order valence-corrected chi connectivity index (χ4v) is 2.42. The van der Waals surface area contributed by atoms with E-state index in [0.29, 0.717) is 12.1 Å². The minimum absolute atomic E-state index is 0.108. The molecule has 2 unspecified atom stereocenters. The maximum atomic E-state index is 9.54. The normalized spacial score (nSPS) is 30.2. The van der Waals surface area contributed by atoms with Crippen molar-refractivity contribution in [3.05, 3.63) is 0 Å². The first kappa shape index (κ1) is 13.3. The van der Waals surface area contributed by atoms with Crippen LogP contribution in [0.2, 0.25) is 0 Å². The number of nitrogens with zero attached hydrogens (tertiary/aromatic N) is 1. The van der Waals surface area contributed by atoms with Crippen LogP contribution in [0.15, 0.2) is 0 Å². The van der Waals surface area contributed by atoms with Crippen molar-refractivity contribution < 1.29 is 9.84 Å². The largest absolute Gasteiger partial charge is 0.394 e. The molecule has 0 spiro atoms. The van der Waals surface area contributed by atoms with Crippen LogP contribution in [0.1, 0.15) is 33.1 Å². The Morgan fingerprint density at radius 1 is 1.47 bits per heavy atom. The maximum Gasteiger partial charge on any atom is 0.0674 e. The Morgan fingerprint density at radius 3 is 2.82 bits per heavy atom. The first-order valence-electron chi connectivity index (χ1n) is 6.84. The highest BCUT2D eigenvalue weighted by Gasteiger charge is 2.32. The van der Waals surface area contributed by atoms with Crippen LogP contribution in [0.3, 0.4) is 0 Å². The monoisotopic (exact) mass is 242 g/mol. The SMILES string of the molecule is CC1CN(CCC(C)(CO)NC2CC2)CCO1. The second-order valence-electron chi connectivity index (χ2n) is 5.87. The van der Waals surface area contributed by atoms with E-state index in [9.17, 15) is 5.11 Å². The Hall–Kier alpha value is -0.160. The highest BCUT2D eigenvalue weighted by atomic mass is 16.5. The fraction of sp³-hybridized carbons (Fsp3) is 1.00. The summed E-state index contributed by atoms with van der Waals surface area (Å²) in [6.45, 7) is 8.41. The van der Waals surface area contributed by atoms with Gasteiger partial charge in [-0.05, 0) is 33.1 Å². The van der Waals surface area contributed by atoms with E-state index in [2.05, 4.69) is 24.1 Å². The molecule has 1 aliphatic carbocycles. The molecule has 2 atom stereocenters. The van der Waals surface area contributed by atoms with E-state index in [1.807, 2.05) is 0 Å². The zero-order valence-electron chi connectivity index (χ0n) is 11.1. The molecule has 17 heavy (non-hydrogen) atoms. The molecule has 0 aromatic rings. The molecule has 2 aliphatic rings. The van der Waals surface area contributed by atoms with Crippen LogP contribution in [-0.4, -0.2) is 60.5 Å². The molecule has 1 heterocycles. The van der Waals surface area contributed by atoms with Gasteiger partial charge in [0.15, 0.2) is 0 Å². The minimum Gasteiger partial charge on any atom is -0.394 e. The van der Waals surface area contributed by atoms with Crippen LogP contribution in [0, 0.1) is 0 Å². The molecule has 4 heteroatoms. The molecule has 0 radical (unpaired) electrons. The van der Waals surface area contributed by atoms with Crippen molar-refractivity contribution in [3.63, 3.8) is 0 Å².